The normalized spacial score (nSPS) is 16.7. The summed E-state index contributed by atoms with van der Waals surface area (Å²) in [7, 11) is 0. The van der Waals surface area contributed by atoms with Crippen molar-refractivity contribution in [2.75, 3.05) is 30.4 Å². The molecule has 1 aromatic carbocycles. The maximum atomic E-state index is 12.5. The maximum Gasteiger partial charge on any atom is 0.253 e. The van der Waals surface area contributed by atoms with Crippen molar-refractivity contribution in [2.45, 2.75) is 32.2 Å². The quantitative estimate of drug-likeness (QED) is 0.828. The molecule has 5 nitrogen and oxygen atoms in total. The third kappa shape index (κ3) is 5.24. The Balaban J connectivity index is 1.90. The van der Waals surface area contributed by atoms with Crippen LogP contribution < -0.4 is 11.1 Å². The van der Waals surface area contributed by atoms with E-state index in [0.29, 0.717) is 23.6 Å². The standard InChI is InChI=1S/C18H27N3O2S/c1-13-7-10-21(11-8-13)18(23)14-3-5-15(6-4-14)20-17(22)16(19)9-12-24-2/h3-6,13,16H,7-12,19H2,1-2H3,(H,20,22)/t16-/m0/s1. The SMILES string of the molecule is CSCC[C@H](N)C(=O)Nc1ccc(C(=O)N2CCC(C)CC2)cc1. The van der Waals surface area contributed by atoms with Crippen molar-refractivity contribution in [3.63, 3.8) is 0 Å². The Morgan fingerprint density at radius 3 is 2.50 bits per heavy atom. The van der Waals surface area contributed by atoms with Gasteiger partial charge in [-0.3, -0.25) is 9.59 Å². The first kappa shape index (κ1) is 18.8. The Hall–Kier alpha value is -1.53. The van der Waals surface area contributed by atoms with Crippen LogP contribution in [0.3, 0.4) is 0 Å². The number of hydrogen-bond acceptors (Lipinski definition) is 4. The van der Waals surface area contributed by atoms with Gasteiger partial charge in [-0.1, -0.05) is 6.92 Å². The zero-order valence-corrected chi connectivity index (χ0v) is 15.3. The van der Waals surface area contributed by atoms with E-state index in [4.69, 9.17) is 5.73 Å². The second-order valence-corrected chi connectivity index (χ2v) is 7.41. The van der Waals surface area contributed by atoms with Gasteiger partial charge in [-0.2, -0.15) is 11.8 Å². The molecule has 0 aliphatic carbocycles. The van der Waals surface area contributed by atoms with Crippen LogP contribution in [0.4, 0.5) is 5.69 Å². The fourth-order valence-corrected chi connectivity index (χ4v) is 3.19. The lowest BCUT2D eigenvalue weighted by molar-refractivity contribution is -0.117. The number of carbonyl (C=O) groups is 2. The Bertz CT molecular complexity index is 554. The van der Waals surface area contributed by atoms with Crippen molar-refractivity contribution in [2.24, 2.45) is 11.7 Å². The molecule has 132 valence electrons. The number of thioether (sulfide) groups is 1. The highest BCUT2D eigenvalue weighted by atomic mass is 32.2. The lowest BCUT2D eigenvalue weighted by atomic mass is 9.98. The van der Waals surface area contributed by atoms with Crippen LogP contribution in [0, 0.1) is 5.92 Å². The fraction of sp³-hybridized carbons (Fsp3) is 0.556. The van der Waals surface area contributed by atoms with E-state index in [1.807, 2.05) is 11.2 Å². The zero-order chi connectivity index (χ0) is 17.5. The van der Waals surface area contributed by atoms with Crippen LogP contribution in [0.25, 0.3) is 0 Å². The molecular formula is C18H27N3O2S. The first-order chi connectivity index (χ1) is 11.5. The lowest BCUT2D eigenvalue weighted by Crippen LogP contribution is -2.38. The molecule has 2 amide bonds. The first-order valence-corrected chi connectivity index (χ1v) is 9.85. The van der Waals surface area contributed by atoms with E-state index in [2.05, 4.69) is 12.2 Å². The lowest BCUT2D eigenvalue weighted by Gasteiger charge is -2.30. The molecule has 1 fully saturated rings. The minimum Gasteiger partial charge on any atom is -0.339 e. The number of nitrogens with two attached hydrogens (primary N) is 1. The molecule has 0 spiro atoms. The van der Waals surface area contributed by atoms with E-state index < -0.39 is 6.04 Å². The molecule has 0 unspecified atom stereocenters. The van der Waals surface area contributed by atoms with Crippen LogP contribution in [0.5, 0.6) is 0 Å². The molecule has 1 aliphatic heterocycles. The van der Waals surface area contributed by atoms with Crippen molar-refractivity contribution in [3.05, 3.63) is 29.8 Å². The number of nitrogens with zero attached hydrogens (tertiary/aromatic N) is 1. The van der Waals surface area contributed by atoms with Gasteiger partial charge in [-0.25, -0.2) is 0 Å². The van der Waals surface area contributed by atoms with Crippen molar-refractivity contribution >= 4 is 29.3 Å². The summed E-state index contributed by atoms with van der Waals surface area (Å²) in [5.74, 6) is 1.43. The molecule has 6 heteroatoms. The van der Waals surface area contributed by atoms with Crippen molar-refractivity contribution in [3.8, 4) is 0 Å². The van der Waals surface area contributed by atoms with Crippen LogP contribution in [0.1, 0.15) is 36.5 Å². The van der Waals surface area contributed by atoms with Crippen LogP contribution in [-0.4, -0.2) is 47.9 Å². The minimum atomic E-state index is -0.505. The highest BCUT2D eigenvalue weighted by molar-refractivity contribution is 7.98. The molecule has 0 radical (unpaired) electrons. The van der Waals surface area contributed by atoms with E-state index >= 15 is 0 Å². The summed E-state index contributed by atoms with van der Waals surface area (Å²) in [5, 5.41) is 2.80. The number of nitrogens with one attached hydrogen (secondary N) is 1. The monoisotopic (exact) mass is 349 g/mol. The van der Waals surface area contributed by atoms with Gasteiger partial charge in [0, 0.05) is 24.3 Å². The predicted molar refractivity (Wildman–Crippen MR) is 100 cm³/mol. The number of likely N-dealkylation sites (tertiary alicyclic amines) is 1. The number of hydrogen-bond donors (Lipinski definition) is 2. The molecule has 0 bridgehead atoms. The smallest absolute Gasteiger partial charge is 0.253 e. The molecule has 1 aliphatic rings. The predicted octanol–water partition coefficient (Wildman–Crippen LogP) is 2.58. The van der Waals surface area contributed by atoms with Crippen molar-refractivity contribution in [1.82, 2.24) is 4.90 Å². The van der Waals surface area contributed by atoms with Gasteiger partial charge in [0.15, 0.2) is 0 Å². The van der Waals surface area contributed by atoms with Crippen LogP contribution >= 0.6 is 11.8 Å². The van der Waals surface area contributed by atoms with Gasteiger partial charge in [0.1, 0.15) is 0 Å². The topological polar surface area (TPSA) is 75.4 Å². The summed E-state index contributed by atoms with van der Waals surface area (Å²) in [4.78, 5) is 26.4. The minimum absolute atomic E-state index is 0.0662. The summed E-state index contributed by atoms with van der Waals surface area (Å²) >= 11 is 1.67. The van der Waals surface area contributed by atoms with E-state index in [-0.39, 0.29) is 11.8 Å². The Kier molecular flexibility index (Phi) is 7.12. The number of anilines is 1. The number of rotatable bonds is 6. The molecular weight excluding hydrogens is 322 g/mol. The van der Waals surface area contributed by atoms with Crippen LogP contribution in [0.2, 0.25) is 0 Å². The summed E-state index contributed by atoms with van der Waals surface area (Å²) in [6, 6.07) is 6.55. The average Bonchev–Trinajstić information content (AvgIpc) is 2.60. The van der Waals surface area contributed by atoms with Gasteiger partial charge >= 0.3 is 0 Å². The molecule has 2 rings (SSSR count). The van der Waals surface area contributed by atoms with Crippen molar-refractivity contribution < 1.29 is 9.59 Å². The zero-order valence-electron chi connectivity index (χ0n) is 14.5. The van der Waals surface area contributed by atoms with Gasteiger partial charge in [0.25, 0.3) is 5.91 Å². The number of piperidine rings is 1. The van der Waals surface area contributed by atoms with E-state index in [9.17, 15) is 9.59 Å². The Morgan fingerprint density at radius 2 is 1.92 bits per heavy atom. The van der Waals surface area contributed by atoms with Gasteiger partial charge in [0.2, 0.25) is 5.91 Å². The van der Waals surface area contributed by atoms with Crippen LogP contribution in [0.15, 0.2) is 24.3 Å². The average molecular weight is 350 g/mol. The van der Waals surface area contributed by atoms with E-state index in [0.717, 1.165) is 31.7 Å². The third-order valence-electron chi connectivity index (χ3n) is 4.44. The van der Waals surface area contributed by atoms with Gasteiger partial charge in [-0.05, 0) is 61.5 Å². The molecule has 0 aromatic heterocycles. The van der Waals surface area contributed by atoms with Gasteiger partial charge in [-0.15, -0.1) is 0 Å². The second-order valence-electron chi connectivity index (χ2n) is 6.43. The molecule has 0 saturated carbocycles. The number of carbonyl (C=O) groups excluding carboxylic acids is 2. The highest BCUT2D eigenvalue weighted by Gasteiger charge is 2.21. The van der Waals surface area contributed by atoms with Crippen LogP contribution in [-0.2, 0) is 4.79 Å². The first-order valence-electron chi connectivity index (χ1n) is 8.46. The third-order valence-corrected chi connectivity index (χ3v) is 5.08. The molecule has 3 N–H and O–H groups in total. The summed E-state index contributed by atoms with van der Waals surface area (Å²) in [6.45, 7) is 3.87. The van der Waals surface area contributed by atoms with Crippen molar-refractivity contribution in [1.29, 1.82) is 0 Å². The molecule has 1 heterocycles. The Morgan fingerprint density at radius 1 is 1.29 bits per heavy atom. The van der Waals surface area contributed by atoms with E-state index in [1.165, 1.54) is 0 Å². The highest BCUT2D eigenvalue weighted by Crippen LogP contribution is 2.19. The number of benzene rings is 1. The van der Waals surface area contributed by atoms with Gasteiger partial charge < -0.3 is 16.0 Å². The molecule has 24 heavy (non-hydrogen) atoms. The molecule has 1 saturated heterocycles. The summed E-state index contributed by atoms with van der Waals surface area (Å²) < 4.78 is 0. The molecule has 1 aromatic rings. The second kappa shape index (κ2) is 9.08. The molecule has 1 atom stereocenters. The maximum absolute atomic E-state index is 12.5. The van der Waals surface area contributed by atoms with E-state index in [1.54, 1.807) is 36.0 Å². The Labute approximate surface area is 148 Å². The largest absolute Gasteiger partial charge is 0.339 e. The summed E-state index contributed by atoms with van der Waals surface area (Å²) in [5.41, 5.74) is 7.18. The number of amides is 2. The summed E-state index contributed by atoms with van der Waals surface area (Å²) in [6.07, 6.45) is 4.77. The van der Waals surface area contributed by atoms with Gasteiger partial charge in [0.05, 0.1) is 6.04 Å². The fourth-order valence-electron chi connectivity index (χ4n) is 2.70.